The number of aromatic nitrogens is 3. The number of imidazole rings is 1. The molecule has 0 radical (unpaired) electrons. The fourth-order valence-corrected chi connectivity index (χ4v) is 3.46. The van der Waals surface area contributed by atoms with Crippen LogP contribution in [-0.4, -0.2) is 46.0 Å². The number of hydrogen-bond acceptors (Lipinski definition) is 5. The van der Waals surface area contributed by atoms with Crippen molar-refractivity contribution in [2.24, 2.45) is 0 Å². The highest BCUT2D eigenvalue weighted by Crippen LogP contribution is 2.21. The molecular formula is C19H23N5S. The van der Waals surface area contributed by atoms with Gasteiger partial charge in [0.05, 0.1) is 17.9 Å². The average molecular weight is 353 g/mol. The van der Waals surface area contributed by atoms with Crippen molar-refractivity contribution >= 4 is 23.0 Å². The molecule has 2 bridgehead atoms. The summed E-state index contributed by atoms with van der Waals surface area (Å²) >= 11 is 1.75. The van der Waals surface area contributed by atoms with Gasteiger partial charge in [0.25, 0.3) is 0 Å². The molecule has 3 rings (SSSR count). The zero-order valence-corrected chi connectivity index (χ0v) is 15.2. The number of fused-ring (bicyclic) bond motifs is 1. The second kappa shape index (κ2) is 8.86. The largest absolute Gasteiger partial charge is 0.316 e. The third-order valence-electron chi connectivity index (χ3n) is 3.93. The van der Waals surface area contributed by atoms with E-state index in [0.717, 1.165) is 53.7 Å². The van der Waals surface area contributed by atoms with Gasteiger partial charge in [-0.25, -0.2) is 9.50 Å². The predicted molar refractivity (Wildman–Crippen MR) is 105 cm³/mol. The lowest BCUT2D eigenvalue weighted by Crippen LogP contribution is -2.29. The highest BCUT2D eigenvalue weighted by atomic mass is 32.2. The van der Waals surface area contributed by atoms with Gasteiger partial charge in [-0.3, -0.25) is 0 Å². The Morgan fingerprint density at radius 3 is 3.12 bits per heavy atom. The first kappa shape index (κ1) is 17.7. The lowest BCUT2D eigenvalue weighted by Gasteiger charge is -2.11. The zero-order chi connectivity index (χ0) is 17.5. The maximum atomic E-state index is 5.72. The lowest BCUT2D eigenvalue weighted by atomic mass is 10.1. The van der Waals surface area contributed by atoms with Crippen molar-refractivity contribution in [3.8, 4) is 12.3 Å². The monoisotopic (exact) mass is 353 g/mol. The highest BCUT2D eigenvalue weighted by Gasteiger charge is 2.11. The molecule has 130 valence electrons. The molecule has 2 N–H and O–H groups in total. The molecule has 3 heterocycles. The van der Waals surface area contributed by atoms with E-state index >= 15 is 0 Å². The molecule has 0 amide bonds. The summed E-state index contributed by atoms with van der Waals surface area (Å²) in [6.45, 7) is 4.81. The van der Waals surface area contributed by atoms with Crippen LogP contribution < -0.4 is 10.6 Å². The number of nitrogens with zero attached hydrogens (tertiary/aromatic N) is 3. The van der Waals surface area contributed by atoms with Crippen LogP contribution in [0, 0.1) is 12.3 Å². The van der Waals surface area contributed by atoms with E-state index in [-0.39, 0.29) is 6.04 Å². The highest BCUT2D eigenvalue weighted by molar-refractivity contribution is 7.99. The average Bonchev–Trinajstić information content (AvgIpc) is 3.04. The molecule has 6 heteroatoms. The van der Waals surface area contributed by atoms with Crippen LogP contribution in [0.2, 0.25) is 0 Å². The van der Waals surface area contributed by atoms with Gasteiger partial charge in [0.15, 0.2) is 5.65 Å². The number of nitrogens with one attached hydrogen (secondary N) is 2. The molecule has 0 spiro atoms. The van der Waals surface area contributed by atoms with Gasteiger partial charge < -0.3 is 10.6 Å². The minimum absolute atomic E-state index is 0.126. The molecule has 0 fully saturated rings. The first-order valence-corrected chi connectivity index (χ1v) is 9.53. The molecule has 0 aliphatic carbocycles. The maximum Gasteiger partial charge on any atom is 0.154 e. The Morgan fingerprint density at radius 1 is 1.36 bits per heavy atom. The van der Waals surface area contributed by atoms with E-state index in [4.69, 9.17) is 11.5 Å². The summed E-state index contributed by atoms with van der Waals surface area (Å²) in [5.74, 6) is 3.81. The topological polar surface area (TPSA) is 54.2 Å². The number of thioether (sulfide) groups is 1. The van der Waals surface area contributed by atoms with Gasteiger partial charge in [-0.15, -0.1) is 18.2 Å². The van der Waals surface area contributed by atoms with Gasteiger partial charge in [0, 0.05) is 17.9 Å². The molecule has 1 atom stereocenters. The van der Waals surface area contributed by atoms with E-state index in [1.165, 1.54) is 0 Å². The van der Waals surface area contributed by atoms with Gasteiger partial charge in [0.1, 0.15) is 5.03 Å². The van der Waals surface area contributed by atoms with Crippen molar-refractivity contribution in [2.75, 3.05) is 25.4 Å². The zero-order valence-electron chi connectivity index (χ0n) is 14.4. The summed E-state index contributed by atoms with van der Waals surface area (Å²) in [5, 5.41) is 12.6. The number of rotatable bonds is 1. The van der Waals surface area contributed by atoms with Crippen LogP contribution in [0.4, 0.5) is 0 Å². The molecule has 2 aromatic heterocycles. The Kier molecular flexibility index (Phi) is 6.29. The molecule has 1 aliphatic rings. The molecule has 0 saturated heterocycles. The lowest BCUT2D eigenvalue weighted by molar-refractivity contribution is 0.606. The van der Waals surface area contributed by atoms with Gasteiger partial charge in [-0.1, -0.05) is 18.1 Å². The van der Waals surface area contributed by atoms with Crippen LogP contribution in [-0.2, 0) is 0 Å². The third-order valence-corrected chi connectivity index (χ3v) is 4.85. The van der Waals surface area contributed by atoms with Crippen molar-refractivity contribution in [1.29, 1.82) is 0 Å². The Bertz CT molecular complexity index is 815. The fraction of sp³-hybridized carbons (Fsp3) is 0.368. The first-order chi connectivity index (χ1) is 12.3. The summed E-state index contributed by atoms with van der Waals surface area (Å²) in [5.41, 5.74) is 2.81. The first-order valence-electron chi connectivity index (χ1n) is 8.54. The van der Waals surface area contributed by atoms with Gasteiger partial charge >= 0.3 is 0 Å². The number of allylic oxidation sites excluding steroid dienone is 3. The summed E-state index contributed by atoms with van der Waals surface area (Å²) in [4.78, 5) is 4.48. The van der Waals surface area contributed by atoms with Crippen LogP contribution in [0.1, 0.15) is 19.0 Å². The predicted octanol–water partition coefficient (Wildman–Crippen LogP) is 2.37. The Morgan fingerprint density at radius 2 is 2.28 bits per heavy atom. The van der Waals surface area contributed by atoms with Gasteiger partial charge in [-0.05, 0) is 44.6 Å². The minimum Gasteiger partial charge on any atom is -0.316 e. The fourth-order valence-electron chi connectivity index (χ4n) is 2.71. The summed E-state index contributed by atoms with van der Waals surface area (Å²) in [6.07, 6.45) is 14.7. The molecule has 1 aliphatic heterocycles. The number of terminal acetylenes is 1. The minimum atomic E-state index is -0.126. The maximum absolute atomic E-state index is 5.72. The molecule has 1 unspecified atom stereocenters. The van der Waals surface area contributed by atoms with E-state index in [2.05, 4.69) is 33.7 Å². The number of hydrogen-bond donors (Lipinski definition) is 2. The Hall–Kier alpha value is -2.07. The van der Waals surface area contributed by atoms with Crippen LogP contribution in [0.15, 0.2) is 41.6 Å². The van der Waals surface area contributed by atoms with E-state index in [1.807, 2.05) is 35.8 Å². The van der Waals surface area contributed by atoms with Crippen molar-refractivity contribution in [3.63, 3.8) is 0 Å². The molecule has 2 aromatic rings. The van der Waals surface area contributed by atoms with Gasteiger partial charge in [-0.2, -0.15) is 5.10 Å². The summed E-state index contributed by atoms with van der Waals surface area (Å²) < 4.78 is 1.90. The van der Waals surface area contributed by atoms with E-state index < -0.39 is 0 Å². The molecular weight excluding hydrogens is 330 g/mol. The van der Waals surface area contributed by atoms with Crippen molar-refractivity contribution in [3.05, 3.63) is 42.3 Å². The van der Waals surface area contributed by atoms with Crippen LogP contribution in [0.3, 0.4) is 0 Å². The van der Waals surface area contributed by atoms with Crippen LogP contribution in [0.5, 0.6) is 0 Å². The second-order valence-electron chi connectivity index (χ2n) is 5.76. The Balaban J connectivity index is 2.05. The second-order valence-corrected chi connectivity index (χ2v) is 6.87. The molecule has 0 aromatic carbocycles. The SMILES string of the molecule is C#CC1C=C(C=CC)c2cnc3ccc(nn23)SCCNCCCN1. The molecule has 0 saturated carbocycles. The van der Waals surface area contributed by atoms with E-state index in [0.29, 0.717) is 0 Å². The summed E-state index contributed by atoms with van der Waals surface area (Å²) in [6, 6.07) is 3.91. The molecule has 25 heavy (non-hydrogen) atoms. The quantitative estimate of drug-likeness (QED) is 0.771. The van der Waals surface area contributed by atoms with Crippen molar-refractivity contribution < 1.29 is 0 Å². The van der Waals surface area contributed by atoms with Crippen molar-refractivity contribution in [1.82, 2.24) is 25.2 Å². The normalized spacial score (nSPS) is 20.2. The van der Waals surface area contributed by atoms with Crippen molar-refractivity contribution in [2.45, 2.75) is 24.4 Å². The molecule has 5 nitrogen and oxygen atoms in total. The van der Waals surface area contributed by atoms with E-state index in [9.17, 15) is 0 Å². The Labute approximate surface area is 153 Å². The third kappa shape index (κ3) is 4.51. The van der Waals surface area contributed by atoms with Gasteiger partial charge in [0.2, 0.25) is 0 Å². The summed E-state index contributed by atoms with van der Waals surface area (Å²) in [7, 11) is 0. The van der Waals surface area contributed by atoms with Crippen LogP contribution >= 0.6 is 11.8 Å². The smallest absolute Gasteiger partial charge is 0.154 e. The standard InChI is InChI=1S/C19H23N5S/c1-3-6-15-13-16(4-2)21-10-5-9-20-11-12-25-19-8-7-18-22-14-17(15)24(18)23-19/h2-3,6-8,13-14,16,20-21H,5,9-12H2,1H3. The van der Waals surface area contributed by atoms with E-state index in [1.54, 1.807) is 11.8 Å². The van der Waals surface area contributed by atoms with Crippen LogP contribution in [0.25, 0.3) is 11.2 Å².